The first-order valence-electron chi connectivity index (χ1n) is 12.4. The number of hydrazone groups is 1. The van der Waals surface area contributed by atoms with E-state index in [1.165, 1.54) is 24.6 Å². The molecule has 41 heavy (non-hydrogen) atoms. The van der Waals surface area contributed by atoms with E-state index < -0.39 is 22.5 Å². The molecular formula is C29H27BrN4O6S. The molecule has 1 heterocycles. The van der Waals surface area contributed by atoms with E-state index in [1.54, 1.807) is 72.8 Å². The second-order valence-corrected chi connectivity index (χ2v) is 11.6. The lowest BCUT2D eigenvalue weighted by Crippen LogP contribution is -2.39. The lowest BCUT2D eigenvalue weighted by Gasteiger charge is -2.24. The number of nitrogens with zero attached hydrogens (tertiary/aromatic N) is 2. The summed E-state index contributed by atoms with van der Waals surface area (Å²) in [5.41, 5.74) is 4.27. The number of hydrogen-bond donors (Lipinski definition) is 2. The topological polar surface area (TPSA) is 130 Å². The number of carbonyl (C=O) groups is 2. The van der Waals surface area contributed by atoms with Gasteiger partial charge in [-0.2, -0.15) is 5.10 Å². The molecule has 0 aliphatic rings. The maximum Gasteiger partial charge on any atom is 0.264 e. The highest BCUT2D eigenvalue weighted by Gasteiger charge is 2.27. The van der Waals surface area contributed by atoms with E-state index in [-0.39, 0.29) is 24.0 Å². The van der Waals surface area contributed by atoms with Gasteiger partial charge in [0, 0.05) is 4.47 Å². The molecule has 1 aromatic heterocycles. The first-order valence-corrected chi connectivity index (χ1v) is 14.6. The second kappa shape index (κ2) is 13.8. The Labute approximate surface area is 246 Å². The van der Waals surface area contributed by atoms with Crippen LogP contribution in [0.3, 0.4) is 0 Å². The van der Waals surface area contributed by atoms with Gasteiger partial charge in [0.15, 0.2) is 6.61 Å². The van der Waals surface area contributed by atoms with Crippen molar-refractivity contribution in [3.63, 3.8) is 0 Å². The molecule has 12 heteroatoms. The van der Waals surface area contributed by atoms with Gasteiger partial charge in [-0.1, -0.05) is 39.7 Å². The fourth-order valence-electron chi connectivity index (χ4n) is 3.58. The Hall–Kier alpha value is -4.42. The fraction of sp³-hybridized carbons (Fsp3) is 0.138. The summed E-state index contributed by atoms with van der Waals surface area (Å²) in [5, 5.41) is 6.65. The van der Waals surface area contributed by atoms with E-state index in [9.17, 15) is 18.0 Å². The number of benzene rings is 3. The largest absolute Gasteiger partial charge is 0.484 e. The molecule has 4 rings (SSSR count). The summed E-state index contributed by atoms with van der Waals surface area (Å²) in [5.74, 6) is 0.196. The molecule has 0 aliphatic carbocycles. The zero-order chi connectivity index (χ0) is 29.2. The molecular weight excluding hydrogens is 612 g/mol. The number of furan rings is 1. The van der Waals surface area contributed by atoms with Crippen LogP contribution in [-0.2, 0) is 26.2 Å². The molecule has 2 amide bonds. The number of aryl methyl sites for hydroxylation is 1. The molecule has 0 bridgehead atoms. The molecule has 0 saturated heterocycles. The summed E-state index contributed by atoms with van der Waals surface area (Å²) in [4.78, 5) is 24.8. The Balaban J connectivity index is 1.34. The van der Waals surface area contributed by atoms with Gasteiger partial charge in [-0.15, -0.1) is 0 Å². The van der Waals surface area contributed by atoms with Gasteiger partial charge in [0.1, 0.15) is 18.1 Å². The first kappa shape index (κ1) is 29.6. The van der Waals surface area contributed by atoms with Crippen molar-refractivity contribution in [3.05, 3.63) is 113 Å². The van der Waals surface area contributed by atoms with Gasteiger partial charge in [0.05, 0.1) is 29.6 Å². The number of ether oxygens (including phenoxy) is 1. The third kappa shape index (κ3) is 8.53. The quantitative estimate of drug-likeness (QED) is 0.175. The van der Waals surface area contributed by atoms with Crippen LogP contribution >= 0.6 is 15.9 Å². The molecule has 0 fully saturated rings. The van der Waals surface area contributed by atoms with Crippen molar-refractivity contribution in [2.24, 2.45) is 5.10 Å². The first-order chi connectivity index (χ1) is 19.7. The lowest BCUT2D eigenvalue weighted by molar-refractivity contribution is -0.123. The number of halogens is 1. The molecule has 212 valence electrons. The van der Waals surface area contributed by atoms with Gasteiger partial charge in [0.25, 0.3) is 21.8 Å². The van der Waals surface area contributed by atoms with Gasteiger partial charge >= 0.3 is 0 Å². The molecule has 10 nitrogen and oxygen atoms in total. The molecule has 2 N–H and O–H groups in total. The third-order valence-corrected chi connectivity index (χ3v) is 7.97. The van der Waals surface area contributed by atoms with Crippen molar-refractivity contribution in [2.75, 3.05) is 17.5 Å². The van der Waals surface area contributed by atoms with Gasteiger partial charge in [-0.3, -0.25) is 13.9 Å². The van der Waals surface area contributed by atoms with Crippen LogP contribution in [0, 0.1) is 6.92 Å². The minimum absolute atomic E-state index is 0.0664. The average molecular weight is 640 g/mol. The Morgan fingerprint density at radius 1 is 1.00 bits per heavy atom. The highest BCUT2D eigenvalue weighted by molar-refractivity contribution is 9.10. The number of hydrogen-bond acceptors (Lipinski definition) is 7. The van der Waals surface area contributed by atoms with Gasteiger partial charge < -0.3 is 14.5 Å². The maximum atomic E-state index is 13.5. The Kier molecular flexibility index (Phi) is 9.93. The van der Waals surface area contributed by atoms with Gasteiger partial charge in [0.2, 0.25) is 0 Å². The molecule has 0 atom stereocenters. The van der Waals surface area contributed by atoms with Crippen molar-refractivity contribution in [3.8, 4) is 5.75 Å². The number of nitrogens with one attached hydrogen (secondary N) is 2. The normalized spacial score (nSPS) is 11.3. The Morgan fingerprint density at radius 3 is 2.44 bits per heavy atom. The molecule has 0 unspecified atom stereocenters. The van der Waals surface area contributed by atoms with E-state index in [0.29, 0.717) is 27.2 Å². The van der Waals surface area contributed by atoms with Crippen LogP contribution in [-0.4, -0.2) is 39.6 Å². The summed E-state index contributed by atoms with van der Waals surface area (Å²) < 4.78 is 39.3. The van der Waals surface area contributed by atoms with Crippen LogP contribution in [0.1, 0.15) is 16.9 Å². The zero-order valence-electron chi connectivity index (χ0n) is 22.0. The van der Waals surface area contributed by atoms with E-state index in [0.717, 1.165) is 9.87 Å². The van der Waals surface area contributed by atoms with Crippen molar-refractivity contribution in [1.82, 2.24) is 10.7 Å². The summed E-state index contributed by atoms with van der Waals surface area (Å²) in [7, 11) is -4.04. The van der Waals surface area contributed by atoms with Crippen molar-refractivity contribution in [1.29, 1.82) is 0 Å². The molecule has 0 spiro atoms. The molecule has 0 radical (unpaired) electrons. The monoisotopic (exact) mass is 638 g/mol. The summed E-state index contributed by atoms with van der Waals surface area (Å²) >= 11 is 3.36. The predicted octanol–water partition coefficient (Wildman–Crippen LogP) is 4.39. The van der Waals surface area contributed by atoms with Crippen molar-refractivity contribution in [2.45, 2.75) is 18.4 Å². The number of anilines is 1. The minimum atomic E-state index is -4.04. The van der Waals surface area contributed by atoms with Crippen molar-refractivity contribution < 1.29 is 27.2 Å². The molecule has 0 aliphatic heterocycles. The van der Waals surface area contributed by atoms with Crippen LogP contribution < -0.4 is 19.8 Å². The SMILES string of the molecule is Cc1ccc(S(=O)(=O)N(CC(=O)N/N=C\c2ccc(OCC(=O)NCc3ccco3)cc2)c2cccc(Br)c2)cc1. The number of amides is 2. The highest BCUT2D eigenvalue weighted by atomic mass is 79.9. The van der Waals surface area contributed by atoms with Crippen molar-refractivity contribution >= 4 is 49.7 Å². The van der Waals surface area contributed by atoms with Crippen LogP contribution in [0.15, 0.2) is 110 Å². The van der Waals surface area contributed by atoms with Crippen LogP contribution in [0.2, 0.25) is 0 Å². The zero-order valence-corrected chi connectivity index (χ0v) is 24.4. The summed E-state index contributed by atoms with van der Waals surface area (Å²) in [6, 6.07) is 23.3. The van der Waals surface area contributed by atoms with Gasteiger partial charge in [-0.05, 0) is 79.2 Å². The van der Waals surface area contributed by atoms with E-state index >= 15 is 0 Å². The third-order valence-electron chi connectivity index (χ3n) is 5.69. The van der Waals surface area contributed by atoms with Crippen LogP contribution in [0.25, 0.3) is 0 Å². The van der Waals surface area contributed by atoms with E-state index in [2.05, 4.69) is 31.8 Å². The lowest BCUT2D eigenvalue weighted by atomic mass is 10.2. The van der Waals surface area contributed by atoms with E-state index in [1.807, 2.05) is 6.92 Å². The molecule has 4 aromatic rings. The van der Waals surface area contributed by atoms with Crippen LogP contribution in [0.4, 0.5) is 5.69 Å². The number of carbonyl (C=O) groups excluding carboxylic acids is 2. The number of rotatable bonds is 12. The second-order valence-electron chi connectivity index (χ2n) is 8.81. The summed E-state index contributed by atoms with van der Waals surface area (Å²) in [6.07, 6.45) is 2.94. The van der Waals surface area contributed by atoms with Gasteiger partial charge in [-0.25, -0.2) is 13.8 Å². The fourth-order valence-corrected chi connectivity index (χ4v) is 5.38. The standard InChI is InChI=1S/C29H27BrN4O6S/c1-21-7-13-27(14-8-21)41(37,38)34(24-5-2-4-23(30)16-24)19-28(35)33-32-17-22-9-11-25(12-10-22)40-20-29(36)31-18-26-6-3-15-39-26/h2-17H,18-20H2,1H3,(H,31,36)(H,33,35)/b32-17-. The Bertz CT molecular complexity index is 1610. The smallest absolute Gasteiger partial charge is 0.264 e. The minimum Gasteiger partial charge on any atom is -0.484 e. The maximum absolute atomic E-state index is 13.5. The average Bonchev–Trinajstić information content (AvgIpc) is 3.48. The summed E-state index contributed by atoms with van der Waals surface area (Å²) in [6.45, 7) is 1.48. The predicted molar refractivity (Wildman–Crippen MR) is 158 cm³/mol. The molecule has 0 saturated carbocycles. The Morgan fingerprint density at radius 2 is 1.76 bits per heavy atom. The molecule has 3 aromatic carbocycles. The van der Waals surface area contributed by atoms with E-state index in [4.69, 9.17) is 9.15 Å². The highest BCUT2D eigenvalue weighted by Crippen LogP contribution is 2.26. The van der Waals surface area contributed by atoms with Crippen LogP contribution in [0.5, 0.6) is 5.75 Å². The number of sulfonamides is 1.